The number of carbonyl (C=O) groups excluding carboxylic acids is 1. The van der Waals surface area contributed by atoms with Crippen molar-refractivity contribution >= 4 is 48.6 Å². The largest absolute Gasteiger partial charge is 0.452 e. The van der Waals surface area contributed by atoms with E-state index in [0.717, 1.165) is 9.86 Å². The van der Waals surface area contributed by atoms with Gasteiger partial charge in [-0.15, -0.1) is 0 Å². The smallest absolute Gasteiger partial charge is 0.202 e. The highest BCUT2D eigenvalue weighted by Crippen LogP contribution is 2.28. The van der Waals surface area contributed by atoms with Gasteiger partial charge < -0.3 is 4.42 Å². The van der Waals surface area contributed by atoms with Crippen molar-refractivity contribution in [3.8, 4) is 0 Å². The Hall–Kier alpha value is -1.46. The van der Waals surface area contributed by atoms with Gasteiger partial charge in [-0.1, -0.05) is 34.1 Å². The number of rotatable bonds is 3. The molecule has 21 heavy (non-hydrogen) atoms. The highest BCUT2D eigenvalue weighted by Gasteiger charge is 2.16. The molecule has 106 valence electrons. The summed E-state index contributed by atoms with van der Waals surface area (Å²) in [6.07, 6.45) is -0.0312. The Kier molecular flexibility index (Phi) is 3.95. The second-order valence-electron chi connectivity index (χ2n) is 4.60. The summed E-state index contributed by atoms with van der Waals surface area (Å²) in [5, 5.41) is 0.837. The third-order valence-electron chi connectivity index (χ3n) is 3.14. The van der Waals surface area contributed by atoms with E-state index in [1.54, 1.807) is 18.2 Å². The molecule has 5 heteroatoms. The van der Waals surface area contributed by atoms with Crippen LogP contribution in [0.4, 0.5) is 4.39 Å². The van der Waals surface area contributed by atoms with E-state index in [2.05, 4.69) is 31.9 Å². The number of hydrogen-bond acceptors (Lipinski definition) is 2. The van der Waals surface area contributed by atoms with Gasteiger partial charge >= 0.3 is 0 Å². The fraction of sp³-hybridized carbons (Fsp3) is 0.0625. The molecule has 1 aromatic heterocycles. The molecule has 0 fully saturated rings. The molecule has 0 saturated heterocycles. The molecule has 0 aliphatic heterocycles. The molecule has 0 radical (unpaired) electrons. The van der Waals surface area contributed by atoms with Crippen LogP contribution in [0, 0.1) is 5.82 Å². The standard InChI is InChI=1S/C16H9Br2FO2/c17-11-5-4-9(13(19)8-11)6-14(20)15-7-10-2-1-3-12(18)16(10)21-15/h1-5,7-8H,6H2. The van der Waals surface area contributed by atoms with Crippen LogP contribution in [0.2, 0.25) is 0 Å². The molecule has 2 nitrogen and oxygen atoms in total. The van der Waals surface area contributed by atoms with Crippen LogP contribution in [0.15, 0.2) is 55.8 Å². The fourth-order valence-electron chi connectivity index (χ4n) is 2.09. The summed E-state index contributed by atoms with van der Waals surface area (Å²) in [4.78, 5) is 12.2. The maximum absolute atomic E-state index is 13.8. The second-order valence-corrected chi connectivity index (χ2v) is 6.37. The zero-order chi connectivity index (χ0) is 15.0. The number of Topliss-reactive ketones (excluding diaryl/α,β-unsaturated/α-hetero) is 1. The normalized spacial score (nSPS) is 11.0. The molecule has 1 heterocycles. The van der Waals surface area contributed by atoms with Crippen LogP contribution in [0.25, 0.3) is 11.0 Å². The van der Waals surface area contributed by atoms with Gasteiger partial charge in [0, 0.05) is 16.3 Å². The topological polar surface area (TPSA) is 30.2 Å². The Balaban J connectivity index is 1.92. The van der Waals surface area contributed by atoms with Crippen LogP contribution in [0.5, 0.6) is 0 Å². The average Bonchev–Trinajstić information content (AvgIpc) is 2.87. The second kappa shape index (κ2) is 5.73. The number of benzene rings is 2. The van der Waals surface area contributed by atoms with Crippen LogP contribution in [0.1, 0.15) is 16.1 Å². The first kappa shape index (κ1) is 14.5. The molecule has 0 N–H and O–H groups in total. The van der Waals surface area contributed by atoms with Crippen LogP contribution < -0.4 is 0 Å². The summed E-state index contributed by atoms with van der Waals surface area (Å²) in [5.74, 6) is -0.423. The van der Waals surface area contributed by atoms with Crippen molar-refractivity contribution in [3.05, 3.63) is 68.6 Å². The summed E-state index contributed by atoms with van der Waals surface area (Å²) in [6, 6.07) is 11.9. The van der Waals surface area contributed by atoms with Crippen molar-refractivity contribution < 1.29 is 13.6 Å². The predicted molar refractivity (Wildman–Crippen MR) is 86.0 cm³/mol. The summed E-state index contributed by atoms with van der Waals surface area (Å²) in [6.45, 7) is 0. The molecule has 0 unspecified atom stereocenters. The Bertz CT molecular complexity index is 839. The SMILES string of the molecule is O=C(Cc1ccc(Br)cc1F)c1cc2cccc(Br)c2o1. The minimum Gasteiger partial charge on any atom is -0.452 e. The lowest BCUT2D eigenvalue weighted by Gasteiger charge is -2.01. The summed E-state index contributed by atoms with van der Waals surface area (Å²) >= 11 is 6.57. The van der Waals surface area contributed by atoms with E-state index in [-0.39, 0.29) is 18.0 Å². The molecule has 0 atom stereocenters. The van der Waals surface area contributed by atoms with Crippen molar-refractivity contribution in [3.63, 3.8) is 0 Å². The predicted octanol–water partition coefficient (Wildman–Crippen LogP) is 5.52. The molecular formula is C16H9Br2FO2. The third-order valence-corrected chi connectivity index (χ3v) is 4.25. The first-order chi connectivity index (χ1) is 10.0. The summed E-state index contributed by atoms with van der Waals surface area (Å²) < 4.78 is 20.8. The Morgan fingerprint density at radius 1 is 1.14 bits per heavy atom. The zero-order valence-electron chi connectivity index (χ0n) is 10.7. The van der Waals surface area contributed by atoms with Crippen molar-refractivity contribution in [1.29, 1.82) is 0 Å². The number of fused-ring (bicyclic) bond motifs is 1. The van der Waals surface area contributed by atoms with E-state index in [1.165, 1.54) is 6.07 Å². The fourth-order valence-corrected chi connectivity index (χ4v) is 2.89. The summed E-state index contributed by atoms with van der Waals surface area (Å²) in [5.41, 5.74) is 0.972. The average molecular weight is 412 g/mol. The van der Waals surface area contributed by atoms with Gasteiger partial charge in [0.25, 0.3) is 0 Å². The number of para-hydroxylation sites is 1. The van der Waals surface area contributed by atoms with Gasteiger partial charge in [0.1, 0.15) is 11.4 Å². The van der Waals surface area contributed by atoms with E-state index in [4.69, 9.17) is 4.42 Å². The lowest BCUT2D eigenvalue weighted by Crippen LogP contribution is -2.04. The minimum absolute atomic E-state index is 0.0312. The van der Waals surface area contributed by atoms with Crippen molar-refractivity contribution in [2.45, 2.75) is 6.42 Å². The number of ketones is 1. The molecule has 0 aliphatic rings. The first-order valence-electron chi connectivity index (χ1n) is 6.20. The maximum Gasteiger partial charge on any atom is 0.202 e. The number of halogens is 3. The number of furan rings is 1. The molecule has 2 aromatic carbocycles. The monoisotopic (exact) mass is 410 g/mol. The van der Waals surface area contributed by atoms with Gasteiger partial charge in [-0.2, -0.15) is 0 Å². The molecule has 0 saturated carbocycles. The lowest BCUT2D eigenvalue weighted by molar-refractivity contribution is 0.0967. The molecule has 3 rings (SSSR count). The lowest BCUT2D eigenvalue weighted by atomic mass is 10.1. The van der Waals surface area contributed by atoms with E-state index >= 15 is 0 Å². The molecular weight excluding hydrogens is 403 g/mol. The van der Waals surface area contributed by atoms with Crippen molar-refractivity contribution in [2.24, 2.45) is 0 Å². The Morgan fingerprint density at radius 2 is 1.95 bits per heavy atom. The quantitative estimate of drug-likeness (QED) is 0.531. The van der Waals surface area contributed by atoms with E-state index < -0.39 is 5.82 Å². The number of carbonyl (C=O) groups is 1. The van der Waals surface area contributed by atoms with Crippen LogP contribution in [-0.2, 0) is 6.42 Å². The first-order valence-corrected chi connectivity index (χ1v) is 7.78. The van der Waals surface area contributed by atoms with Crippen molar-refractivity contribution in [1.82, 2.24) is 0 Å². The van der Waals surface area contributed by atoms with E-state index in [1.807, 2.05) is 18.2 Å². The van der Waals surface area contributed by atoms with Gasteiger partial charge in [-0.05, 0) is 45.8 Å². The highest BCUT2D eigenvalue weighted by atomic mass is 79.9. The van der Waals surface area contributed by atoms with Gasteiger partial charge in [0.2, 0.25) is 5.78 Å². The highest BCUT2D eigenvalue weighted by molar-refractivity contribution is 9.11. The number of hydrogen-bond donors (Lipinski definition) is 0. The van der Waals surface area contributed by atoms with Gasteiger partial charge in [-0.25, -0.2) is 4.39 Å². The molecule has 0 amide bonds. The van der Waals surface area contributed by atoms with E-state index in [0.29, 0.717) is 15.6 Å². The Morgan fingerprint density at radius 3 is 2.67 bits per heavy atom. The maximum atomic E-state index is 13.8. The summed E-state index contributed by atoms with van der Waals surface area (Å²) in [7, 11) is 0. The molecule has 0 bridgehead atoms. The van der Waals surface area contributed by atoms with Gasteiger partial charge in [0.15, 0.2) is 5.76 Å². The van der Waals surface area contributed by atoms with Crippen LogP contribution in [0.3, 0.4) is 0 Å². The van der Waals surface area contributed by atoms with Gasteiger partial charge in [-0.3, -0.25) is 4.79 Å². The van der Waals surface area contributed by atoms with Crippen molar-refractivity contribution in [2.75, 3.05) is 0 Å². The molecule has 0 spiro atoms. The third kappa shape index (κ3) is 2.94. The Labute approximate surface area is 137 Å². The van der Waals surface area contributed by atoms with E-state index in [9.17, 15) is 9.18 Å². The van der Waals surface area contributed by atoms with Gasteiger partial charge in [0.05, 0.1) is 4.47 Å². The van der Waals surface area contributed by atoms with Crippen LogP contribution >= 0.6 is 31.9 Å². The molecule has 0 aliphatic carbocycles. The molecule has 3 aromatic rings. The van der Waals surface area contributed by atoms with Crippen LogP contribution in [-0.4, -0.2) is 5.78 Å². The zero-order valence-corrected chi connectivity index (χ0v) is 13.9. The minimum atomic E-state index is -0.407.